The highest BCUT2D eigenvalue weighted by atomic mass is 35.5. The third kappa shape index (κ3) is 3.90. The van der Waals surface area contributed by atoms with Crippen molar-refractivity contribution in [1.82, 2.24) is 9.97 Å². The standard InChI is InChI=1S/C11H10N2O2.ClH2N/c14-11(15)10-12-7-9(13-10)6-8-4-2-1-3-5-8;1-2/h1-5,7H,6H2,(H,12,13)(H,14,15);2H2. The molecule has 4 N–H and O–H groups in total. The highest BCUT2D eigenvalue weighted by Crippen LogP contribution is 2.06. The van der Waals surface area contributed by atoms with Crippen molar-refractivity contribution < 1.29 is 9.90 Å². The molecule has 0 radical (unpaired) electrons. The SMILES string of the molecule is NCl.O=C(O)c1ncc(Cc2ccccc2)[nH]1. The molecule has 2 aromatic rings. The Kier molecular flexibility index (Phi) is 5.19. The van der Waals surface area contributed by atoms with Gasteiger partial charge in [0, 0.05) is 18.3 Å². The predicted molar refractivity (Wildman–Crippen MR) is 64.8 cm³/mol. The zero-order valence-corrected chi connectivity index (χ0v) is 9.69. The fourth-order valence-corrected chi connectivity index (χ4v) is 1.37. The van der Waals surface area contributed by atoms with Gasteiger partial charge in [-0.05, 0) is 17.3 Å². The molecule has 1 aromatic heterocycles. The number of benzene rings is 1. The number of aromatic amines is 1. The number of carboxylic acids is 1. The molecule has 0 fully saturated rings. The Balaban J connectivity index is 0.000000686. The molecule has 90 valence electrons. The topological polar surface area (TPSA) is 92.0 Å². The molecule has 1 heterocycles. The van der Waals surface area contributed by atoms with E-state index < -0.39 is 5.97 Å². The molecule has 0 bridgehead atoms. The van der Waals surface area contributed by atoms with Gasteiger partial charge in [0.05, 0.1) is 0 Å². The summed E-state index contributed by atoms with van der Waals surface area (Å²) < 4.78 is 0. The number of nitrogens with zero attached hydrogens (tertiary/aromatic N) is 1. The lowest BCUT2D eigenvalue weighted by Gasteiger charge is -1.96. The first-order valence-electron chi connectivity index (χ1n) is 4.78. The van der Waals surface area contributed by atoms with Crippen LogP contribution in [-0.2, 0) is 6.42 Å². The fourth-order valence-electron chi connectivity index (χ4n) is 1.37. The predicted octanol–water partition coefficient (Wildman–Crippen LogP) is 1.80. The minimum atomic E-state index is -1.03. The highest BCUT2D eigenvalue weighted by Gasteiger charge is 2.07. The summed E-state index contributed by atoms with van der Waals surface area (Å²) in [5, 5.41) is 12.6. The summed E-state index contributed by atoms with van der Waals surface area (Å²) in [6, 6.07) is 9.81. The van der Waals surface area contributed by atoms with E-state index in [1.165, 1.54) is 0 Å². The van der Waals surface area contributed by atoms with Crippen LogP contribution in [0.1, 0.15) is 21.9 Å². The van der Waals surface area contributed by atoms with Gasteiger partial charge in [0.2, 0.25) is 5.82 Å². The second kappa shape index (κ2) is 6.67. The molecule has 1 aromatic carbocycles. The van der Waals surface area contributed by atoms with Crippen molar-refractivity contribution in [2.24, 2.45) is 5.25 Å². The van der Waals surface area contributed by atoms with Gasteiger partial charge in [-0.3, -0.25) is 0 Å². The summed E-state index contributed by atoms with van der Waals surface area (Å²) >= 11 is 4.14. The maximum absolute atomic E-state index is 10.6. The highest BCUT2D eigenvalue weighted by molar-refractivity contribution is 6.11. The van der Waals surface area contributed by atoms with Crippen LogP contribution in [0.25, 0.3) is 0 Å². The quantitative estimate of drug-likeness (QED) is 0.728. The van der Waals surface area contributed by atoms with E-state index in [-0.39, 0.29) is 5.82 Å². The Morgan fingerprint density at radius 1 is 1.35 bits per heavy atom. The zero-order chi connectivity index (χ0) is 12.7. The third-order valence-electron chi connectivity index (χ3n) is 2.07. The maximum atomic E-state index is 10.6. The van der Waals surface area contributed by atoms with Gasteiger partial charge in [0.15, 0.2) is 0 Å². The molecule has 0 spiro atoms. The Morgan fingerprint density at radius 3 is 2.53 bits per heavy atom. The Bertz CT molecular complexity index is 471. The van der Waals surface area contributed by atoms with Crippen molar-refractivity contribution in [3.63, 3.8) is 0 Å². The van der Waals surface area contributed by atoms with E-state index in [2.05, 4.69) is 27.0 Å². The Labute approximate surface area is 103 Å². The summed E-state index contributed by atoms with van der Waals surface area (Å²) in [6.07, 6.45) is 2.22. The number of rotatable bonds is 3. The van der Waals surface area contributed by atoms with Crippen LogP contribution in [0.3, 0.4) is 0 Å². The van der Waals surface area contributed by atoms with Gasteiger partial charge in [0.25, 0.3) is 0 Å². The Morgan fingerprint density at radius 2 is 2.00 bits per heavy atom. The van der Waals surface area contributed by atoms with Gasteiger partial charge in [0.1, 0.15) is 0 Å². The number of hydrogen-bond donors (Lipinski definition) is 3. The van der Waals surface area contributed by atoms with E-state index in [0.717, 1.165) is 11.3 Å². The second-order valence-electron chi connectivity index (χ2n) is 3.22. The molecule has 0 unspecified atom stereocenters. The van der Waals surface area contributed by atoms with Crippen molar-refractivity contribution in [1.29, 1.82) is 0 Å². The summed E-state index contributed by atoms with van der Waals surface area (Å²) in [5.74, 6) is -1.05. The van der Waals surface area contributed by atoms with Crippen molar-refractivity contribution >= 4 is 17.7 Å². The smallest absolute Gasteiger partial charge is 0.371 e. The maximum Gasteiger partial charge on any atom is 0.371 e. The number of aromatic carboxylic acids is 1. The lowest BCUT2D eigenvalue weighted by atomic mass is 10.1. The molecule has 5 nitrogen and oxygen atoms in total. The van der Waals surface area contributed by atoms with Crippen molar-refractivity contribution in [3.05, 3.63) is 53.6 Å². The van der Waals surface area contributed by atoms with E-state index in [1.807, 2.05) is 30.3 Å². The first-order chi connectivity index (χ1) is 8.25. The largest absolute Gasteiger partial charge is 0.475 e. The normalized spacial score (nSPS) is 9.29. The van der Waals surface area contributed by atoms with Crippen LogP contribution >= 0.6 is 11.8 Å². The average molecular weight is 254 g/mol. The molecule has 0 amide bonds. The number of carbonyl (C=O) groups is 1. The number of aromatic nitrogens is 2. The van der Waals surface area contributed by atoms with Gasteiger partial charge in [-0.1, -0.05) is 30.3 Å². The van der Waals surface area contributed by atoms with Gasteiger partial charge in [-0.25, -0.2) is 15.0 Å². The van der Waals surface area contributed by atoms with E-state index in [9.17, 15) is 4.79 Å². The number of nitrogens with one attached hydrogen (secondary N) is 1. The zero-order valence-electron chi connectivity index (χ0n) is 8.93. The van der Waals surface area contributed by atoms with Gasteiger partial charge in [-0.15, -0.1) is 0 Å². The molecule has 2 rings (SSSR count). The van der Waals surface area contributed by atoms with E-state index in [0.29, 0.717) is 6.42 Å². The lowest BCUT2D eigenvalue weighted by Crippen LogP contribution is -1.98. The molecule has 0 atom stereocenters. The first-order valence-corrected chi connectivity index (χ1v) is 5.22. The number of hydrogen-bond acceptors (Lipinski definition) is 3. The van der Waals surface area contributed by atoms with Crippen LogP contribution in [0.4, 0.5) is 0 Å². The molecule has 0 aliphatic rings. The molecule has 0 aliphatic carbocycles. The lowest BCUT2D eigenvalue weighted by molar-refractivity contribution is 0.0684. The first kappa shape index (κ1) is 13.2. The van der Waals surface area contributed by atoms with Crippen LogP contribution in [0.5, 0.6) is 0 Å². The van der Waals surface area contributed by atoms with Gasteiger partial charge in [-0.2, -0.15) is 0 Å². The number of nitrogens with two attached hydrogens (primary N) is 1. The summed E-state index contributed by atoms with van der Waals surface area (Å²) in [4.78, 5) is 17.1. The van der Waals surface area contributed by atoms with Crippen LogP contribution < -0.4 is 5.25 Å². The monoisotopic (exact) mass is 253 g/mol. The van der Waals surface area contributed by atoms with Crippen LogP contribution in [0.15, 0.2) is 36.5 Å². The second-order valence-corrected chi connectivity index (χ2v) is 3.22. The van der Waals surface area contributed by atoms with Crippen LogP contribution in [-0.4, -0.2) is 21.0 Å². The van der Waals surface area contributed by atoms with E-state index in [4.69, 9.17) is 5.11 Å². The average Bonchev–Trinajstić information content (AvgIpc) is 2.82. The summed E-state index contributed by atoms with van der Waals surface area (Å²) in [5.41, 5.74) is 1.93. The van der Waals surface area contributed by atoms with Gasteiger partial charge >= 0.3 is 5.97 Å². The van der Waals surface area contributed by atoms with Crippen LogP contribution in [0, 0.1) is 0 Å². The molecule has 0 aliphatic heterocycles. The van der Waals surface area contributed by atoms with Gasteiger partial charge < -0.3 is 10.1 Å². The number of halogens is 1. The van der Waals surface area contributed by atoms with E-state index in [1.54, 1.807) is 6.20 Å². The van der Waals surface area contributed by atoms with Crippen LogP contribution in [0.2, 0.25) is 0 Å². The summed E-state index contributed by atoms with van der Waals surface area (Å²) in [6.45, 7) is 0. The number of imidazole rings is 1. The number of H-pyrrole nitrogens is 1. The molecule has 0 saturated heterocycles. The molecule has 6 heteroatoms. The number of carboxylic acid groups (broad SMARTS) is 1. The molecular formula is C11H12ClN3O2. The van der Waals surface area contributed by atoms with Crippen molar-refractivity contribution in [2.75, 3.05) is 0 Å². The van der Waals surface area contributed by atoms with E-state index >= 15 is 0 Å². The fraction of sp³-hybridized carbons (Fsp3) is 0.0909. The Hall–Kier alpha value is -1.85. The van der Waals surface area contributed by atoms with Crippen molar-refractivity contribution in [2.45, 2.75) is 6.42 Å². The minimum absolute atomic E-state index is 0.0130. The van der Waals surface area contributed by atoms with Crippen molar-refractivity contribution in [3.8, 4) is 0 Å². The summed E-state index contributed by atoms with van der Waals surface area (Å²) in [7, 11) is 0. The third-order valence-corrected chi connectivity index (χ3v) is 2.07. The molecule has 17 heavy (non-hydrogen) atoms. The molecule has 0 saturated carbocycles. The minimum Gasteiger partial charge on any atom is -0.475 e. The molecular weight excluding hydrogens is 242 g/mol.